The second-order valence-corrected chi connectivity index (χ2v) is 6.97. The largest absolute Gasteiger partial charge is 0.467 e. The van der Waals surface area contributed by atoms with Gasteiger partial charge in [0.25, 0.3) is 0 Å². The van der Waals surface area contributed by atoms with Crippen LogP contribution in [0.1, 0.15) is 13.0 Å². The van der Waals surface area contributed by atoms with Crippen LogP contribution in [0.5, 0.6) is 0 Å². The molecule has 2 unspecified atom stereocenters. The quantitative estimate of drug-likeness (QED) is 0.453. The second kappa shape index (κ2) is 8.68. The van der Waals surface area contributed by atoms with Crippen LogP contribution in [0.4, 0.5) is 13.2 Å². The van der Waals surface area contributed by atoms with Gasteiger partial charge >= 0.3 is 5.97 Å². The molecule has 1 aliphatic heterocycles. The van der Waals surface area contributed by atoms with E-state index in [2.05, 4.69) is 15.0 Å². The van der Waals surface area contributed by atoms with E-state index in [-0.39, 0.29) is 11.3 Å². The molecule has 2 aromatic rings. The number of hydrogen-bond donors (Lipinski definition) is 3. The van der Waals surface area contributed by atoms with E-state index in [0.717, 1.165) is 19.2 Å². The molecule has 0 bridgehead atoms. The molecule has 1 saturated heterocycles. The smallest absolute Gasteiger partial charge is 0.337 e. The van der Waals surface area contributed by atoms with E-state index in [1.165, 1.54) is 10.9 Å². The number of carbonyl (C=O) groups is 1. The van der Waals surface area contributed by atoms with Gasteiger partial charge in [-0.05, 0) is 12.1 Å². The Morgan fingerprint density at radius 2 is 1.97 bits per heavy atom. The van der Waals surface area contributed by atoms with Crippen molar-refractivity contribution < 1.29 is 42.8 Å². The molecule has 3 N–H and O–H groups in total. The lowest BCUT2D eigenvalue weighted by molar-refractivity contribution is -0.213. The molecule has 3 rings (SSSR count). The lowest BCUT2D eigenvalue weighted by Gasteiger charge is -2.44. The average Bonchev–Trinajstić information content (AvgIpc) is 3.20. The van der Waals surface area contributed by atoms with Gasteiger partial charge in [0.15, 0.2) is 23.6 Å². The fourth-order valence-electron chi connectivity index (χ4n) is 3.55. The summed E-state index contributed by atoms with van der Waals surface area (Å²) in [5.74, 6) is -6.12. The molecular formula is C18H20F3N3O6. The summed E-state index contributed by atoms with van der Waals surface area (Å²) < 4.78 is 51.4. The topological polar surface area (TPSA) is 127 Å². The number of aromatic nitrogens is 3. The Balaban J connectivity index is 1.96. The molecule has 1 fully saturated rings. The van der Waals surface area contributed by atoms with Gasteiger partial charge in [0.2, 0.25) is 0 Å². The maximum atomic E-state index is 13.5. The van der Waals surface area contributed by atoms with Gasteiger partial charge in [0.05, 0.1) is 32.1 Å². The van der Waals surface area contributed by atoms with Crippen LogP contribution in [-0.2, 0) is 14.3 Å². The summed E-state index contributed by atoms with van der Waals surface area (Å²) in [6.07, 6.45) is -4.07. The van der Waals surface area contributed by atoms with Crippen LogP contribution in [0.2, 0.25) is 0 Å². The highest BCUT2D eigenvalue weighted by Crippen LogP contribution is 2.36. The van der Waals surface area contributed by atoms with Gasteiger partial charge in [0.1, 0.15) is 17.9 Å². The van der Waals surface area contributed by atoms with Crippen molar-refractivity contribution in [2.24, 2.45) is 5.92 Å². The maximum Gasteiger partial charge on any atom is 0.337 e. The van der Waals surface area contributed by atoms with Crippen molar-refractivity contribution >= 4 is 5.97 Å². The monoisotopic (exact) mass is 431 g/mol. The van der Waals surface area contributed by atoms with Crippen LogP contribution in [0.3, 0.4) is 0 Å². The predicted octanol–water partition coefficient (Wildman–Crippen LogP) is 0.194. The normalized spacial score (nSPS) is 27.7. The number of ether oxygens (including phenoxy) is 2. The van der Waals surface area contributed by atoms with Gasteiger partial charge in [-0.25, -0.2) is 22.6 Å². The van der Waals surface area contributed by atoms with E-state index >= 15 is 0 Å². The molecule has 1 aromatic heterocycles. The number of aliphatic hydroxyl groups excluding tert-OH is 3. The van der Waals surface area contributed by atoms with Gasteiger partial charge in [-0.3, -0.25) is 0 Å². The molecule has 0 radical (unpaired) electrons. The molecule has 2 heterocycles. The first kappa shape index (κ1) is 22.2. The van der Waals surface area contributed by atoms with E-state index < -0.39 is 66.4 Å². The molecule has 0 amide bonds. The van der Waals surface area contributed by atoms with Gasteiger partial charge in [-0.15, -0.1) is 5.10 Å². The standard InChI is InChI=1S/C18H20F3N3O6/c1-7-14(15(26)12(6-25)30-17(7)16(27)18(28)29-2)24-5-11(22-23-24)8-3-9(19)13(21)10(20)4-8/h3-5,7,12,14-17,25-27H,6H2,1-2H3/t7?,12?,14-,15+,16+,17-/m1/s1. The van der Waals surface area contributed by atoms with Gasteiger partial charge in [-0.2, -0.15) is 0 Å². The first-order chi connectivity index (χ1) is 14.2. The van der Waals surface area contributed by atoms with Gasteiger partial charge < -0.3 is 24.8 Å². The molecule has 9 nitrogen and oxygen atoms in total. The number of hydrogen-bond acceptors (Lipinski definition) is 8. The number of methoxy groups -OCH3 is 1. The molecule has 6 atom stereocenters. The Hall–Kier alpha value is -2.54. The van der Waals surface area contributed by atoms with Crippen molar-refractivity contribution in [1.29, 1.82) is 0 Å². The Kier molecular flexibility index (Phi) is 6.41. The van der Waals surface area contributed by atoms with Gasteiger partial charge in [-0.1, -0.05) is 12.1 Å². The summed E-state index contributed by atoms with van der Waals surface area (Å²) in [6, 6.07) is 0.560. The molecule has 30 heavy (non-hydrogen) atoms. The average molecular weight is 431 g/mol. The van der Waals surface area contributed by atoms with Crippen LogP contribution in [-0.4, -0.2) is 74.4 Å². The number of benzene rings is 1. The Labute approximate surface area is 168 Å². The van der Waals surface area contributed by atoms with Crippen molar-refractivity contribution in [3.8, 4) is 11.3 Å². The Bertz CT molecular complexity index is 903. The lowest BCUT2D eigenvalue weighted by atomic mass is 9.83. The Morgan fingerprint density at radius 3 is 2.53 bits per heavy atom. The second-order valence-electron chi connectivity index (χ2n) is 6.97. The zero-order valence-corrected chi connectivity index (χ0v) is 15.9. The minimum atomic E-state index is -1.70. The van der Waals surface area contributed by atoms with E-state index in [1.54, 1.807) is 6.92 Å². The van der Waals surface area contributed by atoms with E-state index in [1.807, 2.05) is 0 Å². The van der Waals surface area contributed by atoms with Crippen molar-refractivity contribution in [2.45, 2.75) is 37.4 Å². The number of nitrogens with zero attached hydrogens (tertiary/aromatic N) is 3. The number of aliphatic hydroxyl groups is 3. The number of rotatable bonds is 5. The SMILES string of the molecule is COC(=O)[C@@H](O)[C@@H]1OC(CO)[C@H](O)[C@H](n2cc(-c3cc(F)c(F)c(F)c3)nn2)C1C. The van der Waals surface area contributed by atoms with Crippen molar-refractivity contribution in [1.82, 2.24) is 15.0 Å². The molecule has 0 aliphatic carbocycles. The van der Waals surface area contributed by atoms with E-state index in [4.69, 9.17) is 4.74 Å². The summed E-state index contributed by atoms with van der Waals surface area (Å²) in [6.45, 7) is 0.946. The molecular weight excluding hydrogens is 411 g/mol. The Morgan fingerprint density at radius 1 is 1.33 bits per heavy atom. The maximum absolute atomic E-state index is 13.5. The molecule has 1 aliphatic rings. The zero-order valence-electron chi connectivity index (χ0n) is 15.9. The molecule has 1 aromatic carbocycles. The van der Waals surface area contributed by atoms with Crippen molar-refractivity contribution in [2.75, 3.05) is 13.7 Å². The predicted molar refractivity (Wildman–Crippen MR) is 93.3 cm³/mol. The number of carbonyl (C=O) groups excluding carboxylic acids is 1. The third-order valence-corrected chi connectivity index (χ3v) is 5.15. The summed E-state index contributed by atoms with van der Waals surface area (Å²) in [4.78, 5) is 11.7. The summed E-state index contributed by atoms with van der Waals surface area (Å²) in [5, 5.41) is 38.0. The van der Waals surface area contributed by atoms with Gasteiger partial charge in [0, 0.05) is 11.5 Å². The minimum absolute atomic E-state index is 0.00990. The van der Waals surface area contributed by atoms with Crippen LogP contribution in [0, 0.1) is 23.4 Å². The first-order valence-electron chi connectivity index (χ1n) is 8.96. The van der Waals surface area contributed by atoms with E-state index in [9.17, 15) is 33.3 Å². The summed E-state index contributed by atoms with van der Waals surface area (Å²) >= 11 is 0. The third kappa shape index (κ3) is 3.90. The highest BCUT2D eigenvalue weighted by molar-refractivity contribution is 5.75. The lowest BCUT2D eigenvalue weighted by Crippen LogP contribution is -2.57. The third-order valence-electron chi connectivity index (χ3n) is 5.15. The molecule has 12 heteroatoms. The fraction of sp³-hybridized carbons (Fsp3) is 0.500. The summed E-state index contributed by atoms with van der Waals surface area (Å²) in [5.41, 5.74) is -0.0963. The molecule has 0 saturated carbocycles. The number of esters is 1. The van der Waals surface area contributed by atoms with Crippen LogP contribution in [0.15, 0.2) is 18.3 Å². The fourth-order valence-corrected chi connectivity index (χ4v) is 3.55. The van der Waals surface area contributed by atoms with Crippen LogP contribution < -0.4 is 0 Å². The van der Waals surface area contributed by atoms with Crippen LogP contribution in [0.25, 0.3) is 11.3 Å². The van der Waals surface area contributed by atoms with E-state index in [0.29, 0.717) is 0 Å². The highest BCUT2D eigenvalue weighted by atomic mass is 19.2. The van der Waals surface area contributed by atoms with Crippen LogP contribution >= 0.6 is 0 Å². The zero-order chi connectivity index (χ0) is 22.2. The minimum Gasteiger partial charge on any atom is -0.467 e. The molecule has 0 spiro atoms. The number of halogens is 3. The van der Waals surface area contributed by atoms with Crippen molar-refractivity contribution in [3.05, 3.63) is 35.8 Å². The molecule has 164 valence electrons. The highest BCUT2D eigenvalue weighted by Gasteiger charge is 2.48. The summed E-state index contributed by atoms with van der Waals surface area (Å²) in [7, 11) is 1.08. The van der Waals surface area contributed by atoms with Crippen molar-refractivity contribution in [3.63, 3.8) is 0 Å². The first-order valence-corrected chi connectivity index (χ1v) is 8.96.